The van der Waals surface area contributed by atoms with E-state index in [1.807, 2.05) is 6.07 Å². The van der Waals surface area contributed by atoms with Crippen molar-refractivity contribution in [3.63, 3.8) is 0 Å². The van der Waals surface area contributed by atoms with E-state index in [0.717, 1.165) is 0 Å². The molecule has 0 radical (unpaired) electrons. The van der Waals surface area contributed by atoms with Crippen LogP contribution in [0.25, 0.3) is 5.52 Å². The number of ether oxygens (including phenoxy) is 4. The average molecular weight is 713 g/mol. The molecule has 2 aliphatic rings. The van der Waals surface area contributed by atoms with E-state index in [9.17, 15) is 24.2 Å². The molecule has 0 amide bonds. The van der Waals surface area contributed by atoms with Gasteiger partial charge in [-0.15, -0.1) is 0 Å². The molecule has 268 valence electrons. The van der Waals surface area contributed by atoms with Gasteiger partial charge < -0.3 is 29.2 Å². The van der Waals surface area contributed by atoms with Crippen LogP contribution < -0.4 is 15.3 Å². The number of esters is 3. The zero-order chi connectivity index (χ0) is 36.8. The predicted octanol–water partition coefficient (Wildman–Crippen LogP) is 4.06. The molecule has 16 nitrogen and oxygen atoms in total. The molecule has 3 heterocycles. The van der Waals surface area contributed by atoms with Gasteiger partial charge in [0.1, 0.15) is 41.4 Å². The number of hydrogen-bond donors (Lipinski definition) is 2. The summed E-state index contributed by atoms with van der Waals surface area (Å²) >= 11 is 0. The average Bonchev–Trinajstić information content (AvgIpc) is 3.28. The van der Waals surface area contributed by atoms with Crippen LogP contribution >= 0.6 is 7.75 Å². The zero-order valence-electron chi connectivity index (χ0n) is 29.0. The molecule has 17 heteroatoms. The Morgan fingerprint density at radius 3 is 2.30 bits per heavy atom. The molecule has 1 unspecified atom stereocenters. The van der Waals surface area contributed by atoms with E-state index in [-0.39, 0.29) is 17.3 Å². The predicted molar refractivity (Wildman–Crippen MR) is 176 cm³/mol. The quantitative estimate of drug-likeness (QED) is 0.154. The summed E-state index contributed by atoms with van der Waals surface area (Å²) in [7, 11) is -4.69. The minimum atomic E-state index is -4.69. The molecule has 1 aromatic carbocycles. The number of benzene rings is 1. The molecule has 0 spiro atoms. The Morgan fingerprint density at radius 2 is 1.70 bits per heavy atom. The first-order valence-electron chi connectivity index (χ1n) is 16.0. The van der Waals surface area contributed by atoms with Gasteiger partial charge in [-0.1, -0.05) is 45.9 Å². The van der Waals surface area contributed by atoms with E-state index in [2.05, 4.69) is 15.2 Å². The van der Waals surface area contributed by atoms with Crippen molar-refractivity contribution in [1.29, 1.82) is 5.26 Å². The number of carbonyl (C=O) groups excluding carboxylic acids is 3. The molecule has 2 aromatic heterocycles. The van der Waals surface area contributed by atoms with Gasteiger partial charge in [-0.25, -0.2) is 14.1 Å². The monoisotopic (exact) mass is 712 g/mol. The van der Waals surface area contributed by atoms with Gasteiger partial charge in [0.15, 0.2) is 18.0 Å². The molecule has 7 atom stereocenters. The lowest BCUT2D eigenvalue weighted by Gasteiger charge is -2.31. The lowest BCUT2D eigenvalue weighted by molar-refractivity contribution is -0.181. The molecule has 0 bridgehead atoms. The van der Waals surface area contributed by atoms with E-state index in [4.69, 9.17) is 33.7 Å². The Morgan fingerprint density at radius 1 is 1.04 bits per heavy atom. The van der Waals surface area contributed by atoms with Gasteiger partial charge in [-0.2, -0.15) is 15.4 Å². The van der Waals surface area contributed by atoms with Crippen LogP contribution in [0.1, 0.15) is 67.2 Å². The van der Waals surface area contributed by atoms with Crippen molar-refractivity contribution in [2.24, 2.45) is 11.8 Å². The number of nitrogens with one attached hydrogen (secondary N) is 1. The normalized spacial score (nSPS) is 26.1. The second-order valence-corrected chi connectivity index (χ2v) is 15.4. The number of carbonyl (C=O) groups is 3. The third kappa shape index (κ3) is 6.66. The number of para-hydroxylation sites is 1. The molecule has 1 saturated heterocycles. The Hall–Kier alpha value is -4.55. The zero-order valence-corrected chi connectivity index (χ0v) is 29.9. The minimum Gasteiger partial charge on any atom is -0.459 e. The molecule has 1 aliphatic heterocycles. The van der Waals surface area contributed by atoms with Gasteiger partial charge in [-0.05, 0) is 52.0 Å². The summed E-state index contributed by atoms with van der Waals surface area (Å²) in [5, 5.41) is 17.7. The number of hydrogen-bond acceptors (Lipinski definition) is 14. The molecule has 1 saturated carbocycles. The minimum absolute atomic E-state index is 0.0864. The molecule has 1 aliphatic carbocycles. The lowest BCUT2D eigenvalue weighted by atomic mass is 10.0. The van der Waals surface area contributed by atoms with Crippen LogP contribution in [-0.2, 0) is 42.4 Å². The van der Waals surface area contributed by atoms with Crippen LogP contribution in [0, 0.1) is 23.2 Å². The van der Waals surface area contributed by atoms with Crippen LogP contribution in [0.15, 0.2) is 48.8 Å². The van der Waals surface area contributed by atoms with Crippen molar-refractivity contribution < 1.29 is 46.9 Å². The van der Waals surface area contributed by atoms with Crippen molar-refractivity contribution >= 4 is 37.0 Å². The highest BCUT2D eigenvalue weighted by atomic mass is 31.2. The molecule has 3 aromatic rings. The highest BCUT2D eigenvalue weighted by Crippen LogP contribution is 2.71. The van der Waals surface area contributed by atoms with Crippen LogP contribution in [0.3, 0.4) is 0 Å². The van der Waals surface area contributed by atoms with Gasteiger partial charge in [0.2, 0.25) is 11.2 Å². The Kier molecular flexibility index (Phi) is 9.76. The third-order valence-electron chi connectivity index (χ3n) is 8.02. The molecular formula is C33H41N6O10P. The van der Waals surface area contributed by atoms with Crippen LogP contribution in [0.4, 0.5) is 5.82 Å². The van der Waals surface area contributed by atoms with E-state index < -0.39 is 78.6 Å². The summed E-state index contributed by atoms with van der Waals surface area (Å²) in [6.45, 7) is 12.7. The Labute approximate surface area is 289 Å². The molecule has 5 rings (SSSR count). The fraction of sp³-hybridized carbons (Fsp3) is 0.515. The van der Waals surface area contributed by atoms with Gasteiger partial charge >= 0.3 is 25.7 Å². The first-order valence-corrected chi connectivity index (χ1v) is 17.6. The number of rotatable bonds is 12. The van der Waals surface area contributed by atoms with Crippen molar-refractivity contribution in [2.45, 2.75) is 96.5 Å². The summed E-state index contributed by atoms with van der Waals surface area (Å²) in [6, 6.07) is 12.0. The van der Waals surface area contributed by atoms with Gasteiger partial charge in [0, 0.05) is 0 Å². The standard InChI is InChI=1S/C33H41N6O10P/c1-18(2)27(40)44-25-24(22-14-15-23-26(35)36-17-37-39(22)23)45-32(16-34)30(33(25,32)47-28(41)19(3)4)49-50(43,48-21-12-10-9-11-13-21)38-20(5)29(42)46-31(6,7)8/h9-15,17-20,24-25,30H,1-8H3,(H,38,43)(H2,35,36,37)/t20-,24-,25-,30?,32+,33+,50+/m0/s1. The van der Waals surface area contributed by atoms with E-state index in [0.29, 0.717) is 5.52 Å². The first-order chi connectivity index (χ1) is 23.4. The topological polar surface area (TPSA) is 216 Å². The summed E-state index contributed by atoms with van der Waals surface area (Å²) in [6.07, 6.45) is -3.25. The van der Waals surface area contributed by atoms with Crippen molar-refractivity contribution in [3.8, 4) is 11.8 Å². The van der Waals surface area contributed by atoms with Crippen molar-refractivity contribution in [3.05, 3.63) is 54.5 Å². The number of anilines is 1. The first kappa shape index (κ1) is 36.7. The summed E-state index contributed by atoms with van der Waals surface area (Å²) in [5.41, 5.74) is 1.50. The van der Waals surface area contributed by atoms with E-state index in [1.54, 1.807) is 78.8 Å². The second kappa shape index (κ2) is 13.3. The number of aromatic nitrogens is 3. The third-order valence-corrected chi connectivity index (χ3v) is 9.66. The maximum absolute atomic E-state index is 14.7. The summed E-state index contributed by atoms with van der Waals surface area (Å²) < 4.78 is 52.0. The largest absolute Gasteiger partial charge is 0.460 e. The van der Waals surface area contributed by atoms with Crippen LogP contribution in [0.2, 0.25) is 0 Å². The van der Waals surface area contributed by atoms with E-state index >= 15 is 0 Å². The maximum atomic E-state index is 14.7. The fourth-order valence-electron chi connectivity index (χ4n) is 5.54. The summed E-state index contributed by atoms with van der Waals surface area (Å²) in [5.74, 6) is -3.41. The van der Waals surface area contributed by atoms with Gasteiger partial charge in [0.05, 0.1) is 17.5 Å². The lowest BCUT2D eigenvalue weighted by Crippen LogP contribution is -2.45. The number of fused-ring (bicyclic) bond motifs is 2. The number of nitrogens with zero attached hydrogens (tertiary/aromatic N) is 4. The highest BCUT2D eigenvalue weighted by molar-refractivity contribution is 7.52. The van der Waals surface area contributed by atoms with Crippen LogP contribution in [-0.4, -0.2) is 67.6 Å². The molecule has 50 heavy (non-hydrogen) atoms. The molecule has 2 fully saturated rings. The fourth-order valence-corrected chi connectivity index (χ4v) is 7.26. The Bertz CT molecular complexity index is 1870. The van der Waals surface area contributed by atoms with Gasteiger partial charge in [-0.3, -0.25) is 18.9 Å². The number of nitriles is 1. The highest BCUT2D eigenvalue weighted by Gasteiger charge is 2.95. The second-order valence-electron chi connectivity index (χ2n) is 13.7. The van der Waals surface area contributed by atoms with E-state index in [1.165, 1.54) is 29.9 Å². The summed E-state index contributed by atoms with van der Waals surface area (Å²) in [4.78, 5) is 43.7. The van der Waals surface area contributed by atoms with Gasteiger partial charge in [0.25, 0.3) is 0 Å². The Balaban J connectivity index is 1.62. The van der Waals surface area contributed by atoms with Crippen LogP contribution in [0.5, 0.6) is 5.75 Å². The van der Waals surface area contributed by atoms with Crippen molar-refractivity contribution in [2.75, 3.05) is 5.73 Å². The number of nitrogens with two attached hydrogens (primary N) is 1. The smallest absolute Gasteiger partial charge is 0.459 e. The molecular weight excluding hydrogens is 671 g/mol. The van der Waals surface area contributed by atoms with Crippen molar-refractivity contribution in [1.82, 2.24) is 19.7 Å². The molecule has 3 N–H and O–H groups in total. The number of nitrogen functional groups attached to an aromatic ring is 1. The maximum Gasteiger partial charge on any atom is 0.460 e. The SMILES string of the molecule is CC(C)C(=O)O[C@H]1[C@H](c2ccc3c(N)ncnn23)O[C@]2(C#N)C(O[P@@](=O)(N[C@@H](C)C(=O)OC(C)(C)C)Oc3ccccc3)[C@]12OC(=O)C(C)C.